The molecule has 0 radical (unpaired) electrons. The number of aromatic nitrogens is 1. The molecule has 0 saturated carbocycles. The Kier molecular flexibility index (Phi) is 2.99. The first-order chi connectivity index (χ1) is 8.03. The molecule has 1 N–H and O–H groups in total. The molecule has 2 rings (SSSR count). The topological polar surface area (TPSA) is 33.1 Å². The first-order valence-corrected chi connectivity index (χ1v) is 5.73. The van der Waals surface area contributed by atoms with Gasteiger partial charge < -0.3 is 5.11 Å². The van der Waals surface area contributed by atoms with Crippen LogP contribution in [0.25, 0.3) is 0 Å². The Labute approximate surface area is 102 Å². The van der Waals surface area contributed by atoms with Crippen LogP contribution in [-0.4, -0.2) is 10.1 Å². The van der Waals surface area contributed by atoms with Crippen molar-refractivity contribution in [2.45, 2.75) is 26.4 Å². The van der Waals surface area contributed by atoms with Crippen LogP contribution in [0.3, 0.4) is 0 Å². The minimum atomic E-state index is -0.996. The molecule has 1 unspecified atom stereocenters. The molecule has 0 bridgehead atoms. The Morgan fingerprint density at radius 2 is 1.65 bits per heavy atom. The number of aliphatic hydroxyl groups is 1. The first-order valence-electron chi connectivity index (χ1n) is 5.73. The van der Waals surface area contributed by atoms with Gasteiger partial charge in [0.15, 0.2) is 0 Å². The molecule has 0 spiro atoms. The van der Waals surface area contributed by atoms with E-state index < -0.39 is 5.60 Å². The van der Waals surface area contributed by atoms with Gasteiger partial charge >= 0.3 is 0 Å². The van der Waals surface area contributed by atoms with Crippen molar-refractivity contribution >= 4 is 0 Å². The molecular weight excluding hydrogens is 210 g/mol. The summed E-state index contributed by atoms with van der Waals surface area (Å²) in [6.07, 6.45) is 3.48. The Hall–Kier alpha value is -1.67. The molecular formula is C15H17NO. The largest absolute Gasteiger partial charge is 0.381 e. The smallest absolute Gasteiger partial charge is 0.114 e. The van der Waals surface area contributed by atoms with E-state index in [-0.39, 0.29) is 0 Å². The Morgan fingerprint density at radius 3 is 2.29 bits per heavy atom. The van der Waals surface area contributed by atoms with E-state index in [0.717, 1.165) is 22.3 Å². The third kappa shape index (κ3) is 2.08. The number of hydrogen-bond donors (Lipinski definition) is 1. The number of hydrogen-bond acceptors (Lipinski definition) is 2. The maximum absolute atomic E-state index is 10.8. The fourth-order valence-corrected chi connectivity index (χ4v) is 2.24. The van der Waals surface area contributed by atoms with Crippen molar-refractivity contribution in [2.75, 3.05) is 0 Å². The summed E-state index contributed by atoms with van der Waals surface area (Å²) >= 11 is 0. The standard InChI is InChI=1S/C15H17NO/c1-11-6-4-5-7-13(11)15(3,17)14-10-16-9-8-12(14)2/h4-10,17H,1-3H3. The molecule has 1 heterocycles. The van der Waals surface area contributed by atoms with Gasteiger partial charge in [0, 0.05) is 18.0 Å². The molecule has 0 amide bonds. The second-order valence-corrected chi connectivity index (χ2v) is 4.58. The quantitative estimate of drug-likeness (QED) is 0.855. The normalized spacial score (nSPS) is 14.4. The average Bonchev–Trinajstić information content (AvgIpc) is 2.29. The molecule has 2 heteroatoms. The summed E-state index contributed by atoms with van der Waals surface area (Å²) in [5, 5.41) is 10.8. The molecule has 1 aromatic heterocycles. The van der Waals surface area contributed by atoms with Crippen molar-refractivity contribution in [1.82, 2.24) is 4.98 Å². The highest BCUT2D eigenvalue weighted by Gasteiger charge is 2.28. The van der Waals surface area contributed by atoms with Gasteiger partial charge in [-0.15, -0.1) is 0 Å². The molecule has 0 saturated heterocycles. The van der Waals surface area contributed by atoms with E-state index in [1.54, 1.807) is 12.4 Å². The fraction of sp³-hybridized carbons (Fsp3) is 0.267. The average molecular weight is 227 g/mol. The maximum atomic E-state index is 10.8. The molecule has 17 heavy (non-hydrogen) atoms. The third-order valence-corrected chi connectivity index (χ3v) is 3.23. The third-order valence-electron chi connectivity index (χ3n) is 3.23. The van der Waals surface area contributed by atoms with E-state index in [1.807, 2.05) is 51.1 Å². The van der Waals surface area contributed by atoms with Crippen LogP contribution in [0.4, 0.5) is 0 Å². The SMILES string of the molecule is Cc1ccccc1C(C)(O)c1cnccc1C. The van der Waals surface area contributed by atoms with Gasteiger partial charge in [-0.1, -0.05) is 24.3 Å². The highest BCUT2D eigenvalue weighted by molar-refractivity contribution is 5.41. The van der Waals surface area contributed by atoms with Crippen LogP contribution < -0.4 is 0 Å². The molecule has 0 fully saturated rings. The number of pyridine rings is 1. The minimum absolute atomic E-state index is 0.856. The summed E-state index contributed by atoms with van der Waals surface area (Å²) < 4.78 is 0. The number of rotatable bonds is 2. The molecule has 0 aliphatic carbocycles. The van der Waals surface area contributed by atoms with Gasteiger partial charge in [-0.05, 0) is 43.5 Å². The number of benzene rings is 1. The van der Waals surface area contributed by atoms with Crippen LogP contribution in [-0.2, 0) is 5.60 Å². The summed E-state index contributed by atoms with van der Waals surface area (Å²) in [4.78, 5) is 4.11. The van der Waals surface area contributed by atoms with E-state index >= 15 is 0 Å². The summed E-state index contributed by atoms with van der Waals surface area (Å²) in [7, 11) is 0. The molecule has 1 atom stereocenters. The predicted octanol–water partition coefficient (Wildman–Crippen LogP) is 2.95. The summed E-state index contributed by atoms with van der Waals surface area (Å²) in [6.45, 7) is 5.82. The molecule has 1 aromatic carbocycles. The van der Waals surface area contributed by atoms with Crippen LogP contribution in [0.5, 0.6) is 0 Å². The van der Waals surface area contributed by atoms with E-state index in [9.17, 15) is 5.11 Å². The number of nitrogens with zero attached hydrogens (tertiary/aromatic N) is 1. The van der Waals surface area contributed by atoms with Gasteiger partial charge in [0.1, 0.15) is 5.60 Å². The van der Waals surface area contributed by atoms with Crippen molar-refractivity contribution in [3.63, 3.8) is 0 Å². The Balaban J connectivity index is 2.58. The molecule has 0 aliphatic heterocycles. The molecule has 0 aliphatic rings. The summed E-state index contributed by atoms with van der Waals surface area (Å²) in [6, 6.07) is 9.81. The lowest BCUT2D eigenvalue weighted by molar-refractivity contribution is 0.100. The van der Waals surface area contributed by atoms with Gasteiger partial charge in [-0.2, -0.15) is 0 Å². The van der Waals surface area contributed by atoms with E-state index in [1.165, 1.54) is 0 Å². The van der Waals surface area contributed by atoms with Gasteiger partial charge in [-0.25, -0.2) is 0 Å². The van der Waals surface area contributed by atoms with Gasteiger partial charge in [-0.3, -0.25) is 4.98 Å². The Morgan fingerprint density at radius 1 is 1.00 bits per heavy atom. The van der Waals surface area contributed by atoms with Crippen molar-refractivity contribution in [3.8, 4) is 0 Å². The van der Waals surface area contributed by atoms with Gasteiger partial charge in [0.05, 0.1) is 0 Å². The zero-order valence-electron chi connectivity index (χ0n) is 10.4. The van der Waals surface area contributed by atoms with E-state index in [4.69, 9.17) is 0 Å². The minimum Gasteiger partial charge on any atom is -0.381 e. The van der Waals surface area contributed by atoms with Crippen molar-refractivity contribution < 1.29 is 5.11 Å². The van der Waals surface area contributed by atoms with Crippen LogP contribution in [0, 0.1) is 13.8 Å². The zero-order valence-corrected chi connectivity index (χ0v) is 10.4. The van der Waals surface area contributed by atoms with E-state index in [2.05, 4.69) is 4.98 Å². The molecule has 2 nitrogen and oxygen atoms in total. The van der Waals surface area contributed by atoms with Crippen molar-refractivity contribution in [3.05, 3.63) is 65.0 Å². The predicted molar refractivity (Wildman–Crippen MR) is 68.8 cm³/mol. The van der Waals surface area contributed by atoms with Gasteiger partial charge in [0.25, 0.3) is 0 Å². The highest BCUT2D eigenvalue weighted by atomic mass is 16.3. The lowest BCUT2D eigenvalue weighted by Crippen LogP contribution is -2.25. The fourth-order valence-electron chi connectivity index (χ4n) is 2.24. The zero-order chi connectivity index (χ0) is 12.5. The monoisotopic (exact) mass is 227 g/mol. The second kappa shape index (κ2) is 4.30. The molecule has 2 aromatic rings. The van der Waals surface area contributed by atoms with E-state index in [0.29, 0.717) is 0 Å². The highest BCUT2D eigenvalue weighted by Crippen LogP contribution is 2.32. The van der Waals surface area contributed by atoms with Crippen LogP contribution in [0.1, 0.15) is 29.2 Å². The summed E-state index contributed by atoms with van der Waals surface area (Å²) in [5.41, 5.74) is 2.92. The first kappa shape index (κ1) is 11.8. The van der Waals surface area contributed by atoms with Crippen molar-refractivity contribution in [2.24, 2.45) is 0 Å². The lowest BCUT2D eigenvalue weighted by atomic mass is 9.84. The van der Waals surface area contributed by atoms with Crippen LogP contribution >= 0.6 is 0 Å². The van der Waals surface area contributed by atoms with Crippen LogP contribution in [0.15, 0.2) is 42.7 Å². The number of aryl methyl sites for hydroxylation is 2. The lowest BCUT2D eigenvalue weighted by Gasteiger charge is -2.27. The Bertz CT molecular complexity index is 484. The maximum Gasteiger partial charge on any atom is 0.114 e. The molecule has 88 valence electrons. The second-order valence-electron chi connectivity index (χ2n) is 4.58. The summed E-state index contributed by atoms with van der Waals surface area (Å²) in [5.74, 6) is 0. The van der Waals surface area contributed by atoms with Gasteiger partial charge in [0.2, 0.25) is 0 Å². The van der Waals surface area contributed by atoms with Crippen LogP contribution in [0.2, 0.25) is 0 Å². The van der Waals surface area contributed by atoms with Crippen molar-refractivity contribution in [1.29, 1.82) is 0 Å².